The summed E-state index contributed by atoms with van der Waals surface area (Å²) in [4.78, 5) is 11.5. The molecule has 0 aromatic heterocycles. The Labute approximate surface area is 109 Å². The maximum atomic E-state index is 12.7. The summed E-state index contributed by atoms with van der Waals surface area (Å²) in [5.41, 5.74) is 0.790. The largest absolute Gasteiger partial charge is 0.416 e. The molecule has 1 N–H and O–H groups in total. The fraction of sp³-hybridized carbons (Fsp3) is 0.500. The normalized spacial score (nSPS) is 26.4. The minimum Gasteiger partial charge on any atom is -0.355 e. The Bertz CT molecular complexity index is 538. The van der Waals surface area contributed by atoms with Gasteiger partial charge < -0.3 is 5.32 Å². The van der Waals surface area contributed by atoms with Crippen molar-refractivity contribution in [2.24, 2.45) is 0 Å². The van der Waals surface area contributed by atoms with Gasteiger partial charge in [0.05, 0.1) is 5.56 Å². The van der Waals surface area contributed by atoms with Gasteiger partial charge in [0.15, 0.2) is 0 Å². The van der Waals surface area contributed by atoms with Gasteiger partial charge in [-0.05, 0) is 42.5 Å². The molecule has 1 atom stereocenters. The Morgan fingerprint density at radius 1 is 1.26 bits per heavy atom. The van der Waals surface area contributed by atoms with Crippen LogP contribution < -0.4 is 5.32 Å². The number of hydrogen-bond acceptors (Lipinski definition) is 1. The van der Waals surface area contributed by atoms with E-state index in [4.69, 9.17) is 0 Å². The van der Waals surface area contributed by atoms with Crippen LogP contribution in [0.15, 0.2) is 18.2 Å². The number of nitrogens with one attached hydrogen (secondary N) is 1. The lowest BCUT2D eigenvalue weighted by Crippen LogP contribution is -2.33. The molecule has 1 amide bonds. The van der Waals surface area contributed by atoms with Gasteiger partial charge >= 0.3 is 6.18 Å². The molecule has 19 heavy (non-hydrogen) atoms. The van der Waals surface area contributed by atoms with Gasteiger partial charge in [0.1, 0.15) is 0 Å². The van der Waals surface area contributed by atoms with Crippen molar-refractivity contribution in [2.45, 2.75) is 37.3 Å². The van der Waals surface area contributed by atoms with Crippen molar-refractivity contribution in [3.63, 3.8) is 0 Å². The molecule has 1 fully saturated rings. The SMILES string of the molecule is O=C1CC2(CCCc3cc(C(F)(F)F)ccc32)CN1. The Hall–Kier alpha value is -1.52. The van der Waals surface area contributed by atoms with Crippen LogP contribution in [-0.4, -0.2) is 12.5 Å². The van der Waals surface area contributed by atoms with Crippen LogP contribution in [0.4, 0.5) is 13.2 Å². The minimum absolute atomic E-state index is 0.00671. The van der Waals surface area contributed by atoms with Crippen LogP contribution >= 0.6 is 0 Å². The molecular formula is C14H14F3NO. The molecule has 3 rings (SSSR count). The lowest BCUT2D eigenvalue weighted by atomic mass is 9.69. The number of benzene rings is 1. The number of amides is 1. The first kappa shape index (κ1) is 12.5. The molecule has 2 aliphatic rings. The summed E-state index contributed by atoms with van der Waals surface area (Å²) in [6, 6.07) is 3.95. The van der Waals surface area contributed by atoms with Crippen molar-refractivity contribution >= 4 is 5.91 Å². The maximum absolute atomic E-state index is 12.7. The van der Waals surface area contributed by atoms with E-state index in [0.717, 1.165) is 30.0 Å². The van der Waals surface area contributed by atoms with Gasteiger partial charge in [-0.3, -0.25) is 4.79 Å². The summed E-state index contributed by atoms with van der Waals surface area (Å²) < 4.78 is 38.2. The van der Waals surface area contributed by atoms with Gasteiger partial charge in [-0.2, -0.15) is 13.2 Å². The van der Waals surface area contributed by atoms with E-state index in [1.54, 1.807) is 6.07 Å². The van der Waals surface area contributed by atoms with Gasteiger partial charge in [-0.15, -0.1) is 0 Å². The Morgan fingerprint density at radius 3 is 2.68 bits per heavy atom. The summed E-state index contributed by atoms with van der Waals surface area (Å²) in [5, 5.41) is 2.80. The Kier molecular flexibility index (Phi) is 2.62. The van der Waals surface area contributed by atoms with Gasteiger partial charge in [0.25, 0.3) is 0 Å². The first-order valence-electron chi connectivity index (χ1n) is 6.38. The quantitative estimate of drug-likeness (QED) is 0.771. The van der Waals surface area contributed by atoms with Crippen LogP contribution in [0.25, 0.3) is 0 Å². The molecule has 0 bridgehead atoms. The van der Waals surface area contributed by atoms with Gasteiger partial charge in [-0.25, -0.2) is 0 Å². The van der Waals surface area contributed by atoms with E-state index in [0.29, 0.717) is 19.4 Å². The summed E-state index contributed by atoms with van der Waals surface area (Å²) in [6.45, 7) is 0.546. The predicted molar refractivity (Wildman–Crippen MR) is 63.7 cm³/mol. The van der Waals surface area contributed by atoms with Crippen LogP contribution in [0.3, 0.4) is 0 Å². The molecule has 1 heterocycles. The number of alkyl halides is 3. The lowest BCUT2D eigenvalue weighted by molar-refractivity contribution is -0.137. The molecule has 1 aliphatic carbocycles. The summed E-state index contributed by atoms with van der Waals surface area (Å²) in [7, 11) is 0. The highest BCUT2D eigenvalue weighted by Gasteiger charge is 2.43. The number of halogens is 3. The molecule has 1 aromatic carbocycles. The van der Waals surface area contributed by atoms with Crippen molar-refractivity contribution < 1.29 is 18.0 Å². The molecule has 1 aliphatic heterocycles. The van der Waals surface area contributed by atoms with Gasteiger partial charge in [-0.1, -0.05) is 6.07 Å². The van der Waals surface area contributed by atoms with Crippen molar-refractivity contribution in [1.29, 1.82) is 0 Å². The topological polar surface area (TPSA) is 29.1 Å². The molecule has 0 saturated carbocycles. The standard InChI is InChI=1S/C14H14F3NO/c15-14(16,17)10-3-4-11-9(6-10)2-1-5-13(11)7-12(19)18-8-13/h3-4,6H,1-2,5,7-8H2,(H,18,19). The second kappa shape index (κ2) is 3.99. The zero-order chi connectivity index (χ0) is 13.7. The third kappa shape index (κ3) is 2.01. The van der Waals surface area contributed by atoms with Gasteiger partial charge in [0.2, 0.25) is 5.91 Å². The predicted octanol–water partition coefficient (Wildman–Crippen LogP) is 2.80. The molecule has 1 aromatic rings. The molecule has 2 nitrogen and oxygen atoms in total. The van der Waals surface area contributed by atoms with Crippen LogP contribution in [0.5, 0.6) is 0 Å². The lowest BCUT2D eigenvalue weighted by Gasteiger charge is -2.34. The summed E-state index contributed by atoms with van der Waals surface area (Å²) in [5.74, 6) is -0.00671. The first-order chi connectivity index (χ1) is 8.91. The minimum atomic E-state index is -4.30. The molecule has 1 saturated heterocycles. The van der Waals surface area contributed by atoms with Crippen molar-refractivity contribution in [2.75, 3.05) is 6.54 Å². The van der Waals surface area contributed by atoms with E-state index in [2.05, 4.69) is 5.32 Å². The number of rotatable bonds is 0. The monoisotopic (exact) mass is 269 g/mol. The molecular weight excluding hydrogens is 255 g/mol. The van der Waals surface area contributed by atoms with Crippen LogP contribution in [0.2, 0.25) is 0 Å². The highest BCUT2D eigenvalue weighted by atomic mass is 19.4. The number of carbonyl (C=O) groups is 1. The molecule has 5 heteroatoms. The van der Waals surface area contributed by atoms with E-state index >= 15 is 0 Å². The fourth-order valence-corrected chi connectivity index (χ4v) is 3.31. The third-order valence-corrected chi connectivity index (χ3v) is 4.23. The van der Waals surface area contributed by atoms with E-state index in [1.807, 2.05) is 0 Å². The maximum Gasteiger partial charge on any atom is 0.416 e. The number of fused-ring (bicyclic) bond motifs is 2. The number of hydrogen-bond donors (Lipinski definition) is 1. The van der Waals surface area contributed by atoms with Crippen LogP contribution in [-0.2, 0) is 22.8 Å². The second-order valence-corrected chi connectivity index (χ2v) is 5.46. The van der Waals surface area contributed by atoms with Gasteiger partial charge in [0, 0.05) is 18.4 Å². The average molecular weight is 269 g/mol. The third-order valence-electron chi connectivity index (χ3n) is 4.23. The highest BCUT2D eigenvalue weighted by Crippen LogP contribution is 2.43. The van der Waals surface area contributed by atoms with E-state index < -0.39 is 11.7 Å². The average Bonchev–Trinajstić information content (AvgIpc) is 2.70. The van der Waals surface area contributed by atoms with Crippen molar-refractivity contribution in [3.8, 4) is 0 Å². The van der Waals surface area contributed by atoms with Crippen LogP contribution in [0.1, 0.15) is 36.0 Å². The van der Waals surface area contributed by atoms with E-state index in [9.17, 15) is 18.0 Å². The molecule has 1 unspecified atom stereocenters. The smallest absolute Gasteiger partial charge is 0.355 e. The number of carbonyl (C=O) groups excluding carboxylic acids is 1. The molecule has 0 radical (unpaired) electrons. The zero-order valence-corrected chi connectivity index (χ0v) is 10.3. The van der Waals surface area contributed by atoms with Crippen molar-refractivity contribution in [1.82, 2.24) is 5.32 Å². The molecule has 1 spiro atoms. The zero-order valence-electron chi connectivity index (χ0n) is 10.3. The summed E-state index contributed by atoms with van der Waals surface area (Å²) >= 11 is 0. The number of aryl methyl sites for hydroxylation is 1. The first-order valence-corrected chi connectivity index (χ1v) is 6.38. The highest BCUT2D eigenvalue weighted by molar-refractivity contribution is 5.81. The van der Waals surface area contributed by atoms with E-state index in [1.165, 1.54) is 6.07 Å². The Balaban J connectivity index is 2.05. The fourth-order valence-electron chi connectivity index (χ4n) is 3.31. The summed E-state index contributed by atoms with van der Waals surface area (Å²) in [6.07, 6.45) is -1.54. The van der Waals surface area contributed by atoms with Crippen LogP contribution in [0, 0.1) is 0 Å². The molecule has 102 valence electrons. The van der Waals surface area contributed by atoms with Crippen molar-refractivity contribution in [3.05, 3.63) is 34.9 Å². The Morgan fingerprint density at radius 2 is 2.05 bits per heavy atom. The second-order valence-electron chi connectivity index (χ2n) is 5.46. The van der Waals surface area contributed by atoms with E-state index in [-0.39, 0.29) is 11.3 Å².